The molecule has 1 N–H and O–H groups in total. The van der Waals surface area contributed by atoms with Crippen LogP contribution in [0.15, 0.2) is 0 Å². The highest BCUT2D eigenvalue weighted by Crippen LogP contribution is 2.40. The highest BCUT2D eigenvalue weighted by molar-refractivity contribution is 5.81. The molecule has 0 saturated heterocycles. The van der Waals surface area contributed by atoms with Gasteiger partial charge in [0.25, 0.3) is 5.92 Å². The van der Waals surface area contributed by atoms with Gasteiger partial charge in [0.05, 0.1) is 0 Å². The number of halogens is 2. The van der Waals surface area contributed by atoms with Crippen molar-refractivity contribution in [3.63, 3.8) is 0 Å². The van der Waals surface area contributed by atoms with Gasteiger partial charge in [-0.1, -0.05) is 0 Å². The molecule has 0 aromatic heterocycles. The number of alkyl halides is 2. The minimum absolute atomic E-state index is 0.167. The van der Waals surface area contributed by atoms with Gasteiger partial charge in [-0.05, 0) is 12.8 Å². The van der Waals surface area contributed by atoms with Gasteiger partial charge in [0.2, 0.25) is 5.91 Å². The molecule has 5 heteroatoms. The number of carbonyl (C=O) groups is 1. The molecule has 0 bridgehead atoms. The lowest BCUT2D eigenvalue weighted by Crippen LogP contribution is -2.35. The fraction of sp³-hybridized carbons (Fsp3) is 0.714. The summed E-state index contributed by atoms with van der Waals surface area (Å²) in [6.07, 6.45) is 1.61. The van der Waals surface area contributed by atoms with Gasteiger partial charge in [0.1, 0.15) is 5.92 Å². The Kier molecular flexibility index (Phi) is 2.27. The summed E-state index contributed by atoms with van der Waals surface area (Å²) in [5.41, 5.74) is 0. The molecule has 0 heterocycles. The summed E-state index contributed by atoms with van der Waals surface area (Å²) in [7, 11) is 0. The minimum Gasteiger partial charge on any atom is -0.273 e. The van der Waals surface area contributed by atoms with Crippen molar-refractivity contribution < 1.29 is 13.6 Å². The molecule has 3 nitrogen and oxygen atoms in total. The highest BCUT2D eigenvalue weighted by atomic mass is 19.3. The Bertz CT molecular complexity index is 234. The normalized spacial score (nSPS) is 26.2. The van der Waals surface area contributed by atoms with Crippen LogP contribution >= 0.6 is 0 Å². The first-order valence-corrected chi connectivity index (χ1v) is 3.64. The number of rotatable bonds is 1. The monoisotopic (exact) mass is 174 g/mol. The van der Waals surface area contributed by atoms with Gasteiger partial charge in [0, 0.05) is 6.42 Å². The van der Waals surface area contributed by atoms with Gasteiger partial charge in [-0.15, -0.1) is 0 Å². The second-order valence-electron chi connectivity index (χ2n) is 2.81. The molecule has 1 rings (SSSR count). The number of nitrogens with one attached hydrogen (secondary N) is 1. The van der Waals surface area contributed by atoms with Crippen LogP contribution in [0.2, 0.25) is 0 Å². The molecular formula is C7H8F2N2O. The third kappa shape index (κ3) is 1.52. The lowest BCUT2D eigenvalue weighted by Gasteiger charge is -2.15. The molecule has 0 aliphatic heterocycles. The summed E-state index contributed by atoms with van der Waals surface area (Å²) in [6.45, 7) is 0. The first kappa shape index (κ1) is 8.91. The standard InChI is InChI=1S/C7H8F2N2O/c8-7(9)3-1-2-5(7)6(12)11-4-10/h5H,1-3H2,(H,11,12). The predicted octanol–water partition coefficient (Wildman–Crippen LogP) is 1.02. The first-order valence-electron chi connectivity index (χ1n) is 3.64. The molecule has 0 aromatic rings. The van der Waals surface area contributed by atoms with Crippen LogP contribution < -0.4 is 5.32 Å². The van der Waals surface area contributed by atoms with E-state index in [2.05, 4.69) is 0 Å². The Balaban J connectivity index is 2.64. The third-order valence-corrected chi connectivity index (χ3v) is 2.01. The van der Waals surface area contributed by atoms with E-state index in [9.17, 15) is 13.6 Å². The van der Waals surface area contributed by atoms with Crippen LogP contribution in [0.4, 0.5) is 8.78 Å². The molecule has 12 heavy (non-hydrogen) atoms. The first-order chi connectivity index (χ1) is 5.58. The molecule has 66 valence electrons. The van der Waals surface area contributed by atoms with Crippen molar-refractivity contribution in [1.82, 2.24) is 5.32 Å². The summed E-state index contributed by atoms with van der Waals surface area (Å²) in [4.78, 5) is 10.8. The van der Waals surface area contributed by atoms with Gasteiger partial charge in [-0.25, -0.2) is 8.78 Å². The van der Waals surface area contributed by atoms with Crippen molar-refractivity contribution in [3.8, 4) is 6.19 Å². The molecule has 1 aliphatic carbocycles. The van der Waals surface area contributed by atoms with Crippen molar-refractivity contribution in [2.45, 2.75) is 25.2 Å². The van der Waals surface area contributed by atoms with E-state index in [4.69, 9.17) is 5.26 Å². The van der Waals surface area contributed by atoms with Crippen molar-refractivity contribution >= 4 is 5.91 Å². The number of hydrogen-bond acceptors (Lipinski definition) is 2. The van der Waals surface area contributed by atoms with E-state index in [1.54, 1.807) is 5.32 Å². The average Bonchev–Trinajstić information content (AvgIpc) is 2.30. The van der Waals surface area contributed by atoms with Gasteiger partial charge >= 0.3 is 0 Å². The predicted molar refractivity (Wildman–Crippen MR) is 36.0 cm³/mol. The Hall–Kier alpha value is -1.18. The maximum Gasteiger partial charge on any atom is 0.259 e. The van der Waals surface area contributed by atoms with E-state index in [0.717, 1.165) is 0 Å². The number of nitrogens with zero attached hydrogens (tertiary/aromatic N) is 1. The van der Waals surface area contributed by atoms with Crippen molar-refractivity contribution in [2.75, 3.05) is 0 Å². The fourth-order valence-electron chi connectivity index (χ4n) is 1.39. The van der Waals surface area contributed by atoms with Crippen LogP contribution in [0.25, 0.3) is 0 Å². The molecule has 1 aliphatic rings. The molecular weight excluding hydrogens is 166 g/mol. The Morgan fingerprint density at radius 3 is 2.75 bits per heavy atom. The minimum atomic E-state index is -2.93. The average molecular weight is 174 g/mol. The molecule has 1 amide bonds. The van der Waals surface area contributed by atoms with Crippen molar-refractivity contribution in [3.05, 3.63) is 0 Å². The van der Waals surface area contributed by atoms with Crippen LogP contribution in [0.5, 0.6) is 0 Å². The zero-order valence-electron chi connectivity index (χ0n) is 6.31. The Morgan fingerprint density at radius 2 is 2.33 bits per heavy atom. The summed E-state index contributed by atoms with van der Waals surface area (Å²) in [6, 6.07) is 0. The van der Waals surface area contributed by atoms with E-state index in [1.807, 2.05) is 0 Å². The molecule has 0 radical (unpaired) electrons. The topological polar surface area (TPSA) is 52.9 Å². The number of nitriles is 1. The fourth-order valence-corrected chi connectivity index (χ4v) is 1.39. The molecule has 1 fully saturated rings. The zero-order valence-corrected chi connectivity index (χ0v) is 6.31. The lowest BCUT2D eigenvalue weighted by atomic mass is 10.0. The van der Waals surface area contributed by atoms with E-state index >= 15 is 0 Å². The lowest BCUT2D eigenvalue weighted by molar-refractivity contribution is -0.134. The maximum atomic E-state index is 12.8. The SMILES string of the molecule is N#CNC(=O)C1CCCC1(F)F. The van der Waals surface area contributed by atoms with Crippen molar-refractivity contribution in [1.29, 1.82) is 5.26 Å². The summed E-state index contributed by atoms with van der Waals surface area (Å²) >= 11 is 0. The van der Waals surface area contributed by atoms with Crippen LogP contribution in [0.3, 0.4) is 0 Å². The van der Waals surface area contributed by atoms with Gasteiger partial charge in [-0.2, -0.15) is 5.26 Å². The maximum absolute atomic E-state index is 12.8. The summed E-state index contributed by atoms with van der Waals surface area (Å²) in [5, 5.41) is 9.77. The van der Waals surface area contributed by atoms with Crippen molar-refractivity contribution in [2.24, 2.45) is 5.92 Å². The Labute approximate surface area is 68.4 Å². The second-order valence-corrected chi connectivity index (χ2v) is 2.81. The number of hydrogen-bond donors (Lipinski definition) is 1. The third-order valence-electron chi connectivity index (χ3n) is 2.01. The van der Waals surface area contributed by atoms with Gasteiger partial charge in [0.15, 0.2) is 6.19 Å². The molecule has 0 aromatic carbocycles. The zero-order chi connectivity index (χ0) is 9.19. The second kappa shape index (κ2) is 3.05. The largest absolute Gasteiger partial charge is 0.273 e. The van der Waals surface area contributed by atoms with Crippen LogP contribution in [-0.2, 0) is 4.79 Å². The van der Waals surface area contributed by atoms with Crippen LogP contribution in [0.1, 0.15) is 19.3 Å². The van der Waals surface area contributed by atoms with E-state index < -0.39 is 17.7 Å². The van der Waals surface area contributed by atoms with E-state index in [0.29, 0.717) is 6.42 Å². The van der Waals surface area contributed by atoms with Gasteiger partial charge in [-0.3, -0.25) is 10.1 Å². The Morgan fingerprint density at radius 1 is 1.67 bits per heavy atom. The van der Waals surface area contributed by atoms with Crippen LogP contribution in [-0.4, -0.2) is 11.8 Å². The smallest absolute Gasteiger partial charge is 0.259 e. The highest BCUT2D eigenvalue weighted by Gasteiger charge is 2.47. The van der Waals surface area contributed by atoms with Gasteiger partial charge < -0.3 is 0 Å². The number of amides is 1. The molecule has 1 unspecified atom stereocenters. The van der Waals surface area contributed by atoms with E-state index in [-0.39, 0.29) is 12.8 Å². The van der Waals surface area contributed by atoms with E-state index in [1.165, 1.54) is 6.19 Å². The molecule has 1 atom stereocenters. The quantitative estimate of drug-likeness (QED) is 0.476. The molecule has 0 spiro atoms. The summed E-state index contributed by atoms with van der Waals surface area (Å²) in [5.74, 6) is -5.10. The summed E-state index contributed by atoms with van der Waals surface area (Å²) < 4.78 is 25.6. The molecule has 1 saturated carbocycles. The van der Waals surface area contributed by atoms with Crippen LogP contribution in [0, 0.1) is 17.4 Å². The number of carbonyl (C=O) groups excluding carboxylic acids is 1.